The average molecular weight is 804 g/mol. The Hall–Kier alpha value is -6.77. The van der Waals surface area contributed by atoms with Crippen molar-refractivity contribution in [3.05, 3.63) is 224 Å². The zero-order valence-electron chi connectivity index (χ0n) is 32.1. The Morgan fingerprint density at radius 3 is 1.46 bits per heavy atom. The lowest BCUT2D eigenvalue weighted by Gasteiger charge is -2.50. The lowest BCUT2D eigenvalue weighted by atomic mass is 10.1. The Labute approximate surface area is 349 Å². The number of para-hydroxylation sites is 3. The molecule has 278 valence electrons. The van der Waals surface area contributed by atoms with Crippen LogP contribution >= 0.6 is 11.3 Å². The van der Waals surface area contributed by atoms with Gasteiger partial charge >= 0.3 is 0 Å². The molecule has 0 unspecified atom stereocenters. The summed E-state index contributed by atoms with van der Waals surface area (Å²) in [5.41, 5.74) is 3.41. The molecule has 0 amide bonds. The minimum Gasteiger partial charge on any atom is -0.458 e. The first-order valence-corrected chi connectivity index (χ1v) is 25.1. The molecule has 0 N–H and O–H groups in total. The fourth-order valence-electron chi connectivity index (χ4n) is 10.4. The van der Waals surface area contributed by atoms with Crippen LogP contribution in [-0.4, -0.2) is 16.1 Å². The number of thiophene rings is 1. The molecule has 0 aliphatic carbocycles. The smallest absolute Gasteiger partial charge is 0.188 e. The Balaban J connectivity index is 1.24. The van der Waals surface area contributed by atoms with Crippen LogP contribution in [0.25, 0.3) is 20.2 Å². The Bertz CT molecular complexity index is 3130. The van der Waals surface area contributed by atoms with Crippen molar-refractivity contribution in [1.29, 1.82) is 0 Å². The largest absolute Gasteiger partial charge is 0.458 e. The maximum absolute atomic E-state index is 6.88. The number of fused-ring (bicyclic) bond motifs is 11. The zero-order chi connectivity index (χ0) is 39.0. The lowest BCUT2D eigenvalue weighted by Crippen LogP contribution is -2.93. The van der Waals surface area contributed by atoms with E-state index in [1.165, 1.54) is 61.7 Å². The van der Waals surface area contributed by atoms with E-state index in [2.05, 4.69) is 229 Å². The van der Waals surface area contributed by atoms with Gasteiger partial charge < -0.3 is 9.64 Å². The van der Waals surface area contributed by atoms with E-state index < -0.39 is 16.1 Å². The minimum absolute atomic E-state index is 0.951. The van der Waals surface area contributed by atoms with E-state index in [1.54, 1.807) is 0 Å². The number of rotatable bonds is 5. The van der Waals surface area contributed by atoms with Crippen LogP contribution in [0.3, 0.4) is 0 Å². The third kappa shape index (κ3) is 4.90. The van der Waals surface area contributed by atoms with E-state index >= 15 is 0 Å². The molecule has 1 spiro atoms. The summed E-state index contributed by atoms with van der Waals surface area (Å²) in [6, 6.07) is 84.2. The molecule has 0 radical (unpaired) electrons. The fourth-order valence-corrected chi connectivity index (χ4v) is 23.7. The van der Waals surface area contributed by atoms with Crippen LogP contribution in [0, 0.1) is 0 Å². The molecule has 2 nitrogen and oxygen atoms in total. The molecular weight excluding hydrogens is 767 g/mol. The highest BCUT2D eigenvalue weighted by Gasteiger charge is 2.59. The van der Waals surface area contributed by atoms with Crippen LogP contribution in [-0.2, 0) is 0 Å². The third-order valence-electron chi connectivity index (χ3n) is 12.7. The van der Waals surface area contributed by atoms with E-state index in [0.717, 1.165) is 28.6 Å². The van der Waals surface area contributed by atoms with Gasteiger partial charge in [0.05, 0.1) is 0 Å². The molecule has 0 atom stereocenters. The van der Waals surface area contributed by atoms with Gasteiger partial charge in [0.1, 0.15) is 11.5 Å². The second-order valence-electron chi connectivity index (χ2n) is 15.6. The molecule has 59 heavy (non-hydrogen) atoms. The van der Waals surface area contributed by atoms with Crippen LogP contribution in [0.4, 0.5) is 17.1 Å². The second kappa shape index (κ2) is 13.4. The van der Waals surface area contributed by atoms with Crippen molar-refractivity contribution in [1.82, 2.24) is 0 Å². The van der Waals surface area contributed by atoms with Crippen molar-refractivity contribution in [3.63, 3.8) is 0 Å². The molecule has 5 heteroatoms. The highest BCUT2D eigenvalue weighted by Crippen LogP contribution is 2.41. The predicted molar refractivity (Wildman–Crippen MR) is 255 cm³/mol. The summed E-state index contributed by atoms with van der Waals surface area (Å²) in [7, 11) is -6.00. The second-order valence-corrected chi connectivity index (χ2v) is 24.0. The first-order valence-electron chi connectivity index (χ1n) is 20.3. The van der Waals surface area contributed by atoms with Gasteiger partial charge in [-0.2, -0.15) is 0 Å². The van der Waals surface area contributed by atoms with Gasteiger partial charge in [0, 0.05) is 37.2 Å². The maximum atomic E-state index is 6.88. The van der Waals surface area contributed by atoms with Crippen LogP contribution in [0.15, 0.2) is 224 Å². The Kier molecular flexibility index (Phi) is 7.79. The maximum Gasteiger partial charge on any atom is 0.188 e. The SMILES string of the molecule is c1ccc(N(c2ccc3c(c2)[Si]2(c4ccccc4Oc4ccccc42)c2ccccc2[Si]3(c2ccccc2)c2ccccc2)c2ccc3sc4ccccc4c3c2)cc1. The standard InChI is InChI=1S/C54H37NOSSi2/c1-4-18-38(19-5-1)55(39-32-34-48-44(36-39)43-24-10-13-27-47(43)57-48)40-33-35-53-54(37-40)59(49-28-14-11-25-45(49)56-46-26-12-15-29-50(46)59)52-31-17-16-30-51(52)58(53,41-20-6-2-7-21-41)42-22-8-3-9-23-42/h1-37H. The van der Waals surface area contributed by atoms with Gasteiger partial charge in [0.25, 0.3) is 0 Å². The zero-order valence-corrected chi connectivity index (χ0v) is 34.9. The number of benzene rings is 9. The average Bonchev–Trinajstić information content (AvgIpc) is 3.68. The molecule has 1 aromatic heterocycles. The van der Waals surface area contributed by atoms with Crippen LogP contribution in [0.5, 0.6) is 11.5 Å². The van der Waals surface area contributed by atoms with E-state index in [4.69, 9.17) is 4.74 Å². The molecule has 9 aromatic carbocycles. The summed E-state index contributed by atoms with van der Waals surface area (Å²) in [6.07, 6.45) is 0. The molecule has 0 saturated carbocycles. The first-order chi connectivity index (χ1) is 29.3. The van der Waals surface area contributed by atoms with Crippen LogP contribution < -0.4 is 51.1 Å². The number of anilines is 3. The molecule has 3 heterocycles. The van der Waals surface area contributed by atoms with Gasteiger partial charge in [0.15, 0.2) is 16.1 Å². The molecule has 12 rings (SSSR count). The fraction of sp³-hybridized carbons (Fsp3) is 0. The molecule has 0 fully saturated rings. The van der Waals surface area contributed by atoms with Crippen molar-refractivity contribution >= 4 is 106 Å². The molecule has 0 bridgehead atoms. The summed E-state index contributed by atoms with van der Waals surface area (Å²) < 4.78 is 9.49. The normalized spacial score (nSPS) is 14.2. The summed E-state index contributed by atoms with van der Waals surface area (Å²) in [6.45, 7) is 0. The van der Waals surface area contributed by atoms with Gasteiger partial charge in [-0.3, -0.25) is 0 Å². The van der Waals surface area contributed by atoms with E-state index in [1.807, 2.05) is 11.3 Å². The summed E-state index contributed by atoms with van der Waals surface area (Å²) >= 11 is 1.86. The topological polar surface area (TPSA) is 12.5 Å². The number of ether oxygens (including phenoxy) is 1. The summed E-state index contributed by atoms with van der Waals surface area (Å²) in [4.78, 5) is 2.47. The van der Waals surface area contributed by atoms with Crippen molar-refractivity contribution in [2.24, 2.45) is 0 Å². The number of hydrogen-bond acceptors (Lipinski definition) is 3. The van der Waals surface area contributed by atoms with Gasteiger partial charge in [-0.25, -0.2) is 0 Å². The van der Waals surface area contributed by atoms with Crippen molar-refractivity contribution in [3.8, 4) is 11.5 Å². The molecule has 0 saturated heterocycles. The van der Waals surface area contributed by atoms with Gasteiger partial charge in [0.2, 0.25) is 0 Å². The third-order valence-corrected chi connectivity index (χ3v) is 24.1. The number of nitrogens with zero attached hydrogens (tertiary/aromatic N) is 1. The molecule has 2 aliphatic heterocycles. The summed E-state index contributed by atoms with van der Waals surface area (Å²) in [5, 5.41) is 13.7. The quantitative estimate of drug-likeness (QED) is 0.162. The lowest BCUT2D eigenvalue weighted by molar-refractivity contribution is 0.487. The highest BCUT2D eigenvalue weighted by atomic mass is 32.1. The van der Waals surface area contributed by atoms with Crippen LogP contribution in [0.2, 0.25) is 0 Å². The Morgan fingerprint density at radius 1 is 0.322 bits per heavy atom. The van der Waals surface area contributed by atoms with E-state index in [-0.39, 0.29) is 0 Å². The first kappa shape index (κ1) is 34.3. The van der Waals surface area contributed by atoms with Gasteiger partial charge in [-0.15, -0.1) is 11.3 Å². The van der Waals surface area contributed by atoms with Gasteiger partial charge in [-0.05, 0) is 102 Å². The molecular formula is C54H37NOSSi2. The van der Waals surface area contributed by atoms with Crippen molar-refractivity contribution in [2.45, 2.75) is 0 Å². The predicted octanol–water partition coefficient (Wildman–Crippen LogP) is 8.70. The van der Waals surface area contributed by atoms with E-state index in [9.17, 15) is 0 Å². The van der Waals surface area contributed by atoms with Gasteiger partial charge in [-0.1, -0.05) is 164 Å². The van der Waals surface area contributed by atoms with Crippen molar-refractivity contribution < 1.29 is 4.74 Å². The highest BCUT2D eigenvalue weighted by molar-refractivity contribution is 7.33. The van der Waals surface area contributed by atoms with E-state index in [0.29, 0.717) is 0 Å². The monoisotopic (exact) mass is 803 g/mol. The Morgan fingerprint density at radius 2 is 0.797 bits per heavy atom. The summed E-state index contributed by atoms with van der Waals surface area (Å²) in [5.74, 6) is 1.90. The number of hydrogen-bond donors (Lipinski definition) is 0. The molecule has 2 aliphatic rings. The van der Waals surface area contributed by atoms with Crippen LogP contribution in [0.1, 0.15) is 0 Å². The van der Waals surface area contributed by atoms with Crippen molar-refractivity contribution in [2.75, 3.05) is 4.90 Å². The minimum atomic E-state index is -3.07. The molecule has 10 aromatic rings.